The standard InChI is InChI=1S/C54H76N2O8/c1-27-44-40(61-54(27)17-15-47(5,26-57)64-54)20-34-31-12-10-29-18-36-38(23-48(29,6)33(31)21-42(58)50(34,44)8)55-37-19-30-11-13-32-35(49(30,7)24-39(37)56-36)22-43(59)52(32)25-41-45(51(52,9)60)28(2)53(62-41)16-14-46(3,4)63-53/h20,27-33,35,40-42,44-45,57-58,60H,10-19,21-26H2,1-9H3/t27-,28-,29-,30-,31+,32+,33-,35-,40+,41-,42+,44-,45-,47-,48-,49-,50?,51-,52-,53+,54-/m0/s1. The molecule has 64 heavy (non-hydrogen) atoms. The van der Waals surface area contributed by atoms with Gasteiger partial charge >= 0.3 is 0 Å². The van der Waals surface area contributed by atoms with Gasteiger partial charge in [-0.2, -0.15) is 0 Å². The fourth-order valence-electron chi connectivity index (χ4n) is 20.0. The smallest absolute Gasteiger partial charge is 0.172 e. The van der Waals surface area contributed by atoms with Gasteiger partial charge in [-0.05, 0) is 151 Å². The number of hydrogen-bond acceptors (Lipinski definition) is 10. The van der Waals surface area contributed by atoms with Crippen molar-refractivity contribution in [2.45, 2.75) is 205 Å². The highest BCUT2D eigenvalue weighted by molar-refractivity contribution is 5.90. The Hall–Kier alpha value is -1.79. The topological polar surface area (TPSA) is 140 Å². The molecule has 10 nitrogen and oxygen atoms in total. The van der Waals surface area contributed by atoms with Crippen LogP contribution in [0.4, 0.5) is 0 Å². The van der Waals surface area contributed by atoms with Gasteiger partial charge in [0, 0.05) is 48.3 Å². The molecule has 0 aromatic carbocycles. The third kappa shape index (κ3) is 4.92. The van der Waals surface area contributed by atoms with Crippen LogP contribution in [0.3, 0.4) is 0 Å². The fraction of sp³-hybridized carbons (Fsp3) is 0.870. The molecule has 10 heteroatoms. The Balaban J connectivity index is 0.761. The van der Waals surface area contributed by atoms with Crippen molar-refractivity contribution in [3.63, 3.8) is 0 Å². The van der Waals surface area contributed by atoms with Crippen LogP contribution in [-0.4, -0.2) is 84.4 Å². The zero-order valence-electron chi connectivity index (χ0n) is 40.2. The molecular formula is C54H76N2O8. The Morgan fingerprint density at radius 1 is 0.719 bits per heavy atom. The number of aromatic nitrogens is 2. The summed E-state index contributed by atoms with van der Waals surface area (Å²) in [6.45, 7) is 20.0. The van der Waals surface area contributed by atoms with Crippen LogP contribution in [-0.2, 0) is 49.4 Å². The van der Waals surface area contributed by atoms with Gasteiger partial charge in [-0.1, -0.05) is 46.3 Å². The molecule has 8 aliphatic carbocycles. The first-order valence-electron chi connectivity index (χ1n) is 26.0. The van der Waals surface area contributed by atoms with E-state index in [-0.39, 0.29) is 82.0 Å². The molecule has 5 saturated carbocycles. The maximum Gasteiger partial charge on any atom is 0.172 e. The van der Waals surface area contributed by atoms with Crippen molar-refractivity contribution >= 4 is 5.78 Å². The summed E-state index contributed by atoms with van der Waals surface area (Å²) in [6, 6.07) is 0. The summed E-state index contributed by atoms with van der Waals surface area (Å²) in [5.41, 5.74) is 2.94. The lowest BCUT2D eigenvalue weighted by atomic mass is 9.45. The van der Waals surface area contributed by atoms with Crippen LogP contribution in [0, 0.1) is 80.8 Å². The molecule has 0 radical (unpaired) electrons. The van der Waals surface area contributed by atoms with Crippen LogP contribution >= 0.6 is 0 Å². The van der Waals surface area contributed by atoms with Gasteiger partial charge in [0.1, 0.15) is 5.78 Å². The molecule has 0 bridgehead atoms. The number of carbonyl (C=O) groups excluding carboxylic acids is 1. The number of Topliss-reactive ketones (excluding diaryl/α,β-unsaturated/α-hetero) is 1. The first-order chi connectivity index (χ1) is 30.1. The third-order valence-corrected chi connectivity index (χ3v) is 23.4. The second-order valence-electron chi connectivity index (χ2n) is 26.4. The summed E-state index contributed by atoms with van der Waals surface area (Å²) >= 11 is 0. The monoisotopic (exact) mass is 881 g/mol. The number of carbonyl (C=O) groups is 1. The number of fused-ring (bicyclic) bond motifs is 14. The van der Waals surface area contributed by atoms with E-state index in [9.17, 15) is 20.1 Å². The first kappa shape index (κ1) is 42.3. The van der Waals surface area contributed by atoms with Gasteiger partial charge in [-0.25, -0.2) is 0 Å². The predicted octanol–water partition coefficient (Wildman–Crippen LogP) is 7.64. The normalized spacial score (nSPS) is 58.1. The molecule has 350 valence electrons. The minimum absolute atomic E-state index is 0.0113. The van der Waals surface area contributed by atoms with E-state index in [1.54, 1.807) is 0 Å². The molecule has 9 fully saturated rings. The quantitative estimate of drug-likeness (QED) is 0.241. The predicted molar refractivity (Wildman–Crippen MR) is 237 cm³/mol. The van der Waals surface area contributed by atoms with Crippen molar-refractivity contribution in [1.82, 2.24) is 9.97 Å². The lowest BCUT2D eigenvalue weighted by Gasteiger charge is -2.60. The van der Waals surface area contributed by atoms with Crippen LogP contribution < -0.4 is 0 Å². The number of ether oxygens (including phenoxy) is 4. The molecule has 1 aromatic heterocycles. The van der Waals surface area contributed by atoms with E-state index in [4.69, 9.17) is 28.9 Å². The van der Waals surface area contributed by atoms with Crippen molar-refractivity contribution in [2.75, 3.05) is 6.61 Å². The van der Waals surface area contributed by atoms with E-state index in [2.05, 4.69) is 54.5 Å². The number of ketones is 1. The SMILES string of the molecule is C[C@H]1[C@H]2[C@@H](C=C3[C@@H]4CC[C@H]5Cc6nc7c(nc6C[C@]5(C)[C@H]4C[C@@H](O)C32C)C[C@@H]2CC[C@@H]3[C@H](CC(=O)[C@]34C[C@@H]3O[C@@]5(CCC(C)(C)O5)[C@@H](C)[C@@H]3[C@]4(C)O)[C@@]2(C)C7)O[C@]12CC[C@@](C)(CO)O2. The minimum Gasteiger partial charge on any atom is -0.393 e. The number of rotatable bonds is 1. The molecule has 12 aliphatic rings. The summed E-state index contributed by atoms with van der Waals surface area (Å²) in [6.07, 6.45) is 14.9. The number of aliphatic hydroxyl groups is 3. The molecule has 0 amide bonds. The molecule has 21 atom stereocenters. The molecular weight excluding hydrogens is 805 g/mol. The first-order valence-corrected chi connectivity index (χ1v) is 26.0. The summed E-state index contributed by atoms with van der Waals surface area (Å²) in [7, 11) is 0. The molecule has 4 saturated heterocycles. The zero-order valence-corrected chi connectivity index (χ0v) is 40.2. The molecule has 5 heterocycles. The largest absolute Gasteiger partial charge is 0.393 e. The Kier molecular flexibility index (Phi) is 8.40. The summed E-state index contributed by atoms with van der Waals surface area (Å²) in [5, 5.41) is 35.5. The van der Waals surface area contributed by atoms with Crippen LogP contribution in [0.5, 0.6) is 0 Å². The second-order valence-corrected chi connectivity index (χ2v) is 26.4. The number of aliphatic hydroxyl groups excluding tert-OH is 2. The van der Waals surface area contributed by atoms with Crippen molar-refractivity contribution in [2.24, 2.45) is 80.8 Å². The van der Waals surface area contributed by atoms with Gasteiger partial charge in [0.25, 0.3) is 0 Å². The average molecular weight is 881 g/mol. The zero-order chi connectivity index (χ0) is 44.7. The van der Waals surface area contributed by atoms with E-state index in [1.165, 1.54) is 22.7 Å². The van der Waals surface area contributed by atoms with Crippen LogP contribution in [0.1, 0.15) is 156 Å². The second kappa shape index (κ2) is 12.7. The van der Waals surface area contributed by atoms with Crippen LogP contribution in [0.2, 0.25) is 0 Å². The third-order valence-electron chi connectivity index (χ3n) is 23.4. The van der Waals surface area contributed by atoms with Gasteiger partial charge in [-0.3, -0.25) is 14.8 Å². The maximum absolute atomic E-state index is 14.8. The summed E-state index contributed by atoms with van der Waals surface area (Å²) < 4.78 is 27.1. The number of nitrogens with zero attached hydrogens (tertiary/aromatic N) is 2. The van der Waals surface area contributed by atoms with Gasteiger partial charge in [0.05, 0.1) is 69.9 Å². The lowest BCUT2D eigenvalue weighted by molar-refractivity contribution is -0.257. The van der Waals surface area contributed by atoms with Crippen molar-refractivity contribution in [1.29, 1.82) is 0 Å². The minimum atomic E-state index is -1.16. The highest BCUT2D eigenvalue weighted by Crippen LogP contribution is 2.74. The van der Waals surface area contributed by atoms with Gasteiger partial charge < -0.3 is 34.3 Å². The van der Waals surface area contributed by atoms with E-state index < -0.39 is 34.3 Å². The fourth-order valence-corrected chi connectivity index (χ4v) is 20.0. The van der Waals surface area contributed by atoms with Gasteiger partial charge in [0.2, 0.25) is 0 Å². The Morgan fingerprint density at radius 3 is 1.97 bits per heavy atom. The molecule has 1 aromatic rings. The van der Waals surface area contributed by atoms with Crippen LogP contribution in [0.25, 0.3) is 0 Å². The molecule has 4 aliphatic heterocycles. The van der Waals surface area contributed by atoms with Crippen molar-refractivity contribution in [3.8, 4) is 0 Å². The highest BCUT2D eigenvalue weighted by Gasteiger charge is 2.79. The van der Waals surface area contributed by atoms with E-state index >= 15 is 0 Å². The number of hydrogen-bond donors (Lipinski definition) is 3. The Morgan fingerprint density at radius 2 is 1.34 bits per heavy atom. The van der Waals surface area contributed by atoms with Gasteiger partial charge in [0.15, 0.2) is 11.6 Å². The Labute approximate surface area is 380 Å². The highest BCUT2D eigenvalue weighted by atomic mass is 16.7. The average Bonchev–Trinajstić information content (AvgIpc) is 4.06. The molecule has 3 N–H and O–H groups in total. The molecule has 1 unspecified atom stereocenters. The summed E-state index contributed by atoms with van der Waals surface area (Å²) in [5.74, 6) is 1.08. The van der Waals surface area contributed by atoms with Crippen LogP contribution in [0.15, 0.2) is 11.6 Å². The molecule has 3 spiro atoms. The van der Waals surface area contributed by atoms with Crippen molar-refractivity contribution < 1.29 is 39.1 Å². The van der Waals surface area contributed by atoms with E-state index in [0.29, 0.717) is 36.5 Å². The van der Waals surface area contributed by atoms with E-state index in [0.717, 1.165) is 89.2 Å². The Bertz CT molecular complexity index is 2260. The summed E-state index contributed by atoms with van der Waals surface area (Å²) in [4.78, 5) is 26.0. The lowest BCUT2D eigenvalue weighted by Crippen LogP contribution is -2.58. The maximum atomic E-state index is 14.8. The van der Waals surface area contributed by atoms with E-state index in [1.807, 2.05) is 13.8 Å². The van der Waals surface area contributed by atoms with Gasteiger partial charge in [-0.15, -0.1) is 0 Å². The molecule has 13 rings (SSSR count). The van der Waals surface area contributed by atoms with Crippen molar-refractivity contribution in [3.05, 3.63) is 34.4 Å².